The van der Waals surface area contributed by atoms with Gasteiger partial charge in [-0.05, 0) is 112 Å². The van der Waals surface area contributed by atoms with Crippen molar-refractivity contribution >= 4 is 17.9 Å². The first-order chi connectivity index (χ1) is 44.8. The average Bonchev–Trinajstić information content (AvgIpc) is 1.20. The Hall–Kier alpha value is -2.40. The van der Waals surface area contributed by atoms with Crippen LogP contribution in [0.5, 0.6) is 0 Å². The Labute approximate surface area is 601 Å². The lowest BCUT2D eigenvalue weighted by molar-refractivity contribution is -0.890. The minimum Gasteiger partial charge on any atom is -1.00 e. The molecule has 1 aromatic carbocycles. The molecule has 0 spiro atoms. The molecule has 0 unspecified atom stereocenters. The van der Waals surface area contributed by atoms with Gasteiger partial charge in [0.1, 0.15) is 0 Å². The van der Waals surface area contributed by atoms with Crippen LogP contribution in [0.2, 0.25) is 0 Å². The first-order valence-corrected chi connectivity index (χ1v) is 40.9. The second kappa shape index (κ2) is 74.3. The van der Waals surface area contributed by atoms with E-state index in [4.69, 9.17) is 11.5 Å². The van der Waals surface area contributed by atoms with Crippen molar-refractivity contribution in [1.82, 2.24) is 0 Å². The van der Waals surface area contributed by atoms with Crippen LogP contribution >= 0.6 is 0 Å². The van der Waals surface area contributed by atoms with Crippen LogP contribution in [0.25, 0.3) is 0 Å². The summed E-state index contributed by atoms with van der Waals surface area (Å²) in [4.78, 5) is 24.4. The summed E-state index contributed by atoms with van der Waals surface area (Å²) in [6, 6.07) is 4.61. The Morgan fingerprint density at radius 2 is 0.484 bits per heavy atom. The maximum atomic E-state index is 10.2. The van der Waals surface area contributed by atoms with Crippen LogP contribution in [0.1, 0.15) is 405 Å². The summed E-state index contributed by atoms with van der Waals surface area (Å²) >= 11 is 0. The van der Waals surface area contributed by atoms with E-state index in [1.54, 1.807) is 0 Å². The summed E-state index contributed by atoms with van der Waals surface area (Å²) in [5, 5.41) is 20.4. The van der Waals surface area contributed by atoms with Crippen molar-refractivity contribution < 1.29 is 45.7 Å². The van der Waals surface area contributed by atoms with E-state index in [2.05, 4.69) is 117 Å². The van der Waals surface area contributed by atoms with Gasteiger partial charge in [0.05, 0.1) is 93.5 Å². The molecular formula is C84H171ClN6O4. The lowest BCUT2D eigenvalue weighted by atomic mass is 10.0. The van der Waals surface area contributed by atoms with Crippen LogP contribution in [0.15, 0.2) is 29.3 Å². The number of aliphatic imine (C=N–C) groups is 1. The van der Waals surface area contributed by atoms with E-state index in [0.717, 1.165) is 55.0 Å². The Balaban J connectivity index is -0.000000359. The zero-order valence-electron chi connectivity index (χ0n) is 67.1. The lowest BCUT2D eigenvalue weighted by Gasteiger charge is -2.30. The highest BCUT2D eigenvalue weighted by Gasteiger charge is 2.16. The standard InChI is InChI=1S/3C21H46N.C13H29N3.C8H6O4.ClH/c3*1-6-7-8-9-10-11-13-16-19-22(4,5)20-17-14-12-15-18-21(2)3;1-2-3-4-5-6-7-8-9-10-11-12-16-13(14)15;9-7(10)5-1-2-6(4-3-5)8(11)12;/h3*21H,6-20H2,1-5H3;2-12H2,1H3,(H4,14,15,16);1-4H,(H,9,10)(H,11,12);1H/q3*+1;;;/p-3. The zero-order chi connectivity index (χ0) is 71.3. The maximum absolute atomic E-state index is 10.2. The minimum atomic E-state index is -1.33. The number of rotatable bonds is 61. The number of carbonyl (C=O) groups excluding carboxylic acids is 2. The Kier molecular flexibility index (Phi) is 79.2. The summed E-state index contributed by atoms with van der Waals surface area (Å²) in [5.41, 5.74) is 10.4. The van der Waals surface area contributed by atoms with E-state index >= 15 is 0 Å². The van der Waals surface area contributed by atoms with Gasteiger partial charge in [-0.25, -0.2) is 0 Å². The fourth-order valence-corrected chi connectivity index (χ4v) is 12.2. The molecule has 0 heterocycles. The van der Waals surface area contributed by atoms with Crippen LogP contribution in [-0.2, 0) is 0 Å². The number of unbranched alkanes of at least 4 members (excludes halogenated alkanes) is 39. The number of benzene rings is 1. The van der Waals surface area contributed by atoms with Gasteiger partial charge in [-0.3, -0.25) is 4.99 Å². The molecule has 11 heteroatoms. The van der Waals surface area contributed by atoms with Crippen LogP contribution < -0.4 is 34.1 Å². The molecule has 0 fully saturated rings. The summed E-state index contributed by atoms with van der Waals surface area (Å²) in [6.07, 6.45) is 69.4. The highest BCUT2D eigenvalue weighted by Crippen LogP contribution is 2.18. The molecule has 0 aliphatic carbocycles. The van der Waals surface area contributed by atoms with Crippen molar-refractivity contribution in [1.29, 1.82) is 0 Å². The molecule has 0 saturated carbocycles. The number of nitrogens with zero attached hydrogens (tertiary/aromatic N) is 4. The Bertz CT molecular complexity index is 1580. The molecule has 0 aliphatic heterocycles. The van der Waals surface area contributed by atoms with Crippen LogP contribution in [0, 0.1) is 17.8 Å². The number of aromatic carboxylic acids is 2. The van der Waals surface area contributed by atoms with E-state index in [0.29, 0.717) is 0 Å². The number of guanidine groups is 1. The van der Waals surface area contributed by atoms with Crippen LogP contribution in [0.3, 0.4) is 0 Å². The van der Waals surface area contributed by atoms with Crippen molar-refractivity contribution in [3.05, 3.63) is 35.4 Å². The van der Waals surface area contributed by atoms with Gasteiger partial charge in [0, 0.05) is 6.54 Å². The average molecular weight is 1360 g/mol. The number of halogens is 1. The summed E-state index contributed by atoms with van der Waals surface area (Å²) in [7, 11) is 14.6. The van der Waals surface area contributed by atoms with E-state index in [1.807, 2.05) is 0 Å². The van der Waals surface area contributed by atoms with Crippen molar-refractivity contribution in [3.8, 4) is 0 Å². The molecule has 0 amide bonds. The van der Waals surface area contributed by atoms with E-state index in [9.17, 15) is 19.8 Å². The van der Waals surface area contributed by atoms with Gasteiger partial charge < -0.3 is 57.1 Å². The second-order valence-electron chi connectivity index (χ2n) is 32.0. The first-order valence-electron chi connectivity index (χ1n) is 40.9. The third-order valence-electron chi connectivity index (χ3n) is 18.9. The smallest absolute Gasteiger partial charge is 0.185 e. The molecule has 10 nitrogen and oxygen atoms in total. The van der Waals surface area contributed by atoms with Gasteiger partial charge in [0.2, 0.25) is 0 Å². The van der Waals surface area contributed by atoms with Gasteiger partial charge in [-0.1, -0.05) is 325 Å². The third kappa shape index (κ3) is 87.6. The molecule has 0 atom stereocenters. The third-order valence-corrected chi connectivity index (χ3v) is 18.9. The molecule has 0 aliphatic rings. The largest absolute Gasteiger partial charge is 1.00 e. The van der Waals surface area contributed by atoms with E-state index in [1.165, 1.54) is 361 Å². The van der Waals surface area contributed by atoms with Crippen LogP contribution in [0.4, 0.5) is 0 Å². The molecule has 0 bridgehead atoms. The highest BCUT2D eigenvalue weighted by atomic mass is 35.5. The molecule has 4 N–H and O–H groups in total. The summed E-state index contributed by atoms with van der Waals surface area (Å²) in [6.45, 7) is 32.2. The Morgan fingerprint density at radius 3 is 0.653 bits per heavy atom. The topological polar surface area (TPSA) is 145 Å². The number of hydrogen-bond acceptors (Lipinski definition) is 5. The Morgan fingerprint density at radius 1 is 0.316 bits per heavy atom. The molecule has 95 heavy (non-hydrogen) atoms. The van der Waals surface area contributed by atoms with Gasteiger partial charge in [0.15, 0.2) is 5.96 Å². The maximum Gasteiger partial charge on any atom is 0.185 e. The second-order valence-corrected chi connectivity index (χ2v) is 32.0. The highest BCUT2D eigenvalue weighted by molar-refractivity contribution is 5.89. The molecular weight excluding hydrogens is 1190 g/mol. The van der Waals surface area contributed by atoms with Crippen molar-refractivity contribution in [2.75, 3.05) is 88.1 Å². The first kappa shape index (κ1) is 101. The number of nitrogens with two attached hydrogens (primary N) is 2. The number of carboxylic acids is 2. The van der Waals surface area contributed by atoms with Crippen molar-refractivity contribution in [2.24, 2.45) is 34.2 Å². The number of carbonyl (C=O) groups is 2. The van der Waals surface area contributed by atoms with Crippen molar-refractivity contribution in [3.63, 3.8) is 0 Å². The number of hydrogen-bond donors (Lipinski definition) is 2. The molecule has 0 aromatic heterocycles. The SMILES string of the molecule is CCCCCCCCCCCCN=C(N)N.CCCCCCCCCC[N+](C)(C)CCCCCCC(C)C.CCCCCCCCCC[N+](C)(C)CCCCCCC(C)C.CCCCCCCCCC[N+](C)(C)CCCCCCC(C)C.O=C([O-])c1ccc(C(=O)[O-])cc1.[Cl-]. The monoisotopic (exact) mass is 1360 g/mol. The molecule has 568 valence electrons. The van der Waals surface area contributed by atoms with E-state index in [-0.39, 0.29) is 29.5 Å². The predicted molar refractivity (Wildman–Crippen MR) is 415 cm³/mol. The molecule has 0 radical (unpaired) electrons. The van der Waals surface area contributed by atoms with Gasteiger partial charge in [-0.2, -0.15) is 0 Å². The normalized spacial score (nSPS) is 11.4. The zero-order valence-corrected chi connectivity index (χ0v) is 67.8. The molecule has 0 saturated heterocycles. The van der Waals surface area contributed by atoms with Crippen molar-refractivity contribution in [2.45, 2.75) is 384 Å². The minimum absolute atomic E-state index is 0. The predicted octanol–water partition coefficient (Wildman–Crippen LogP) is 19.0. The molecule has 1 aromatic rings. The van der Waals surface area contributed by atoms with Crippen LogP contribution in [-0.4, -0.2) is 119 Å². The van der Waals surface area contributed by atoms with Gasteiger partial charge >= 0.3 is 0 Å². The van der Waals surface area contributed by atoms with Gasteiger partial charge in [-0.15, -0.1) is 0 Å². The summed E-state index contributed by atoms with van der Waals surface area (Å²) in [5.74, 6) is 0.202. The fraction of sp³-hybridized carbons (Fsp3) is 0.893. The number of carboxylic acid groups (broad SMARTS) is 2. The molecule has 1 rings (SSSR count). The fourth-order valence-electron chi connectivity index (χ4n) is 12.2. The quantitative estimate of drug-likeness (QED) is 0.0288. The van der Waals surface area contributed by atoms with Gasteiger partial charge in [0.25, 0.3) is 0 Å². The number of quaternary nitrogens is 3. The lowest BCUT2D eigenvalue weighted by Crippen LogP contribution is -3.00. The summed E-state index contributed by atoms with van der Waals surface area (Å²) < 4.78 is 3.71. The van der Waals surface area contributed by atoms with E-state index < -0.39 is 11.9 Å².